The lowest BCUT2D eigenvalue weighted by Crippen LogP contribution is -1.91. The van der Waals surface area contributed by atoms with Gasteiger partial charge in [0, 0.05) is 23.3 Å². The molecule has 0 aliphatic carbocycles. The maximum atomic E-state index is 6.15. The van der Waals surface area contributed by atoms with E-state index in [9.17, 15) is 0 Å². The number of nitrogens with zero attached hydrogens (tertiary/aromatic N) is 3. The number of pyridine rings is 1. The monoisotopic (exact) mass is 241 g/mol. The van der Waals surface area contributed by atoms with Crippen molar-refractivity contribution < 1.29 is 0 Å². The molecule has 0 bridgehead atoms. The molecule has 2 heterocycles. The Balaban J connectivity index is 2.26. The molecule has 0 N–H and O–H groups in total. The van der Waals surface area contributed by atoms with Gasteiger partial charge in [0.05, 0.1) is 5.52 Å². The second kappa shape index (κ2) is 4.11. The maximum absolute atomic E-state index is 6.15. The number of aromatic nitrogens is 3. The average molecular weight is 242 g/mol. The molecule has 0 aliphatic rings. The Morgan fingerprint density at radius 2 is 1.65 bits per heavy atom. The third kappa shape index (κ3) is 1.85. The van der Waals surface area contributed by atoms with E-state index < -0.39 is 0 Å². The highest BCUT2D eigenvalue weighted by Gasteiger charge is 2.06. The van der Waals surface area contributed by atoms with Crippen molar-refractivity contribution in [1.82, 2.24) is 15.0 Å². The Labute approximate surface area is 103 Å². The van der Waals surface area contributed by atoms with Crippen LogP contribution in [-0.4, -0.2) is 15.0 Å². The van der Waals surface area contributed by atoms with Gasteiger partial charge in [0.2, 0.25) is 0 Å². The average Bonchev–Trinajstić information content (AvgIpc) is 2.40. The topological polar surface area (TPSA) is 38.7 Å². The van der Waals surface area contributed by atoms with E-state index >= 15 is 0 Å². The highest BCUT2D eigenvalue weighted by Crippen LogP contribution is 2.23. The summed E-state index contributed by atoms with van der Waals surface area (Å²) >= 11 is 6.15. The van der Waals surface area contributed by atoms with E-state index in [0.717, 1.165) is 16.5 Å². The predicted molar refractivity (Wildman–Crippen MR) is 67.8 cm³/mol. The summed E-state index contributed by atoms with van der Waals surface area (Å²) < 4.78 is 0. The lowest BCUT2D eigenvalue weighted by molar-refractivity contribution is 1.21. The van der Waals surface area contributed by atoms with Crippen LogP contribution in [-0.2, 0) is 0 Å². The third-order valence-corrected chi connectivity index (χ3v) is 2.78. The van der Waals surface area contributed by atoms with E-state index in [2.05, 4.69) is 15.0 Å². The molecule has 2 aromatic heterocycles. The van der Waals surface area contributed by atoms with Crippen LogP contribution in [0.5, 0.6) is 0 Å². The van der Waals surface area contributed by atoms with Crippen molar-refractivity contribution in [2.75, 3.05) is 0 Å². The van der Waals surface area contributed by atoms with E-state index in [-0.39, 0.29) is 0 Å². The molecule has 3 nitrogen and oxygen atoms in total. The van der Waals surface area contributed by atoms with Crippen LogP contribution >= 0.6 is 11.6 Å². The van der Waals surface area contributed by atoms with Crippen LogP contribution in [0.3, 0.4) is 0 Å². The van der Waals surface area contributed by atoms with Crippen LogP contribution in [0.4, 0.5) is 0 Å². The summed E-state index contributed by atoms with van der Waals surface area (Å²) in [5.41, 5.74) is 1.76. The first-order chi connectivity index (χ1) is 8.34. The van der Waals surface area contributed by atoms with Gasteiger partial charge in [-0.25, -0.2) is 9.97 Å². The second-order valence-corrected chi connectivity index (χ2v) is 3.95. The van der Waals surface area contributed by atoms with Crippen molar-refractivity contribution in [2.24, 2.45) is 0 Å². The van der Waals surface area contributed by atoms with Gasteiger partial charge < -0.3 is 0 Å². The largest absolute Gasteiger partial charge is 0.265 e. The highest BCUT2D eigenvalue weighted by molar-refractivity contribution is 6.34. The van der Waals surface area contributed by atoms with E-state index in [0.29, 0.717) is 11.0 Å². The molecule has 0 spiro atoms. The van der Waals surface area contributed by atoms with Crippen LogP contribution in [0.2, 0.25) is 5.15 Å². The van der Waals surface area contributed by atoms with Gasteiger partial charge in [-0.3, -0.25) is 4.98 Å². The summed E-state index contributed by atoms with van der Waals surface area (Å²) in [6.45, 7) is 0. The maximum Gasteiger partial charge on any atom is 0.161 e. The molecule has 0 saturated heterocycles. The second-order valence-electron chi connectivity index (χ2n) is 3.59. The summed E-state index contributed by atoms with van der Waals surface area (Å²) in [4.78, 5) is 12.7. The van der Waals surface area contributed by atoms with E-state index in [1.165, 1.54) is 0 Å². The zero-order valence-electron chi connectivity index (χ0n) is 8.84. The minimum absolute atomic E-state index is 0.474. The molecule has 1 aromatic carbocycles. The summed E-state index contributed by atoms with van der Waals surface area (Å²) in [5, 5.41) is 1.34. The van der Waals surface area contributed by atoms with E-state index in [1.54, 1.807) is 12.4 Å². The molecule has 17 heavy (non-hydrogen) atoms. The molecule has 0 fully saturated rings. The smallest absolute Gasteiger partial charge is 0.161 e. The lowest BCUT2D eigenvalue weighted by atomic mass is 10.2. The standard InChI is InChI=1S/C13H8ClN3/c14-12-10-3-1-2-4-11(10)16-13(17-12)9-5-7-15-8-6-9/h1-8H. The summed E-state index contributed by atoms with van der Waals surface area (Å²) in [6, 6.07) is 11.4. The molecular formula is C13H8ClN3. The number of fused-ring (bicyclic) bond motifs is 1. The predicted octanol–water partition coefficient (Wildman–Crippen LogP) is 3.35. The minimum Gasteiger partial charge on any atom is -0.265 e. The summed E-state index contributed by atoms with van der Waals surface area (Å²) in [7, 11) is 0. The highest BCUT2D eigenvalue weighted by atomic mass is 35.5. The van der Waals surface area contributed by atoms with Crippen LogP contribution < -0.4 is 0 Å². The number of rotatable bonds is 1. The Hall–Kier alpha value is -2.00. The molecule has 0 saturated carbocycles. The van der Waals surface area contributed by atoms with Gasteiger partial charge in [0.15, 0.2) is 5.82 Å². The zero-order valence-corrected chi connectivity index (χ0v) is 9.59. The molecule has 0 unspecified atom stereocenters. The van der Waals surface area contributed by atoms with Crippen molar-refractivity contribution >= 4 is 22.5 Å². The number of hydrogen-bond acceptors (Lipinski definition) is 3. The quantitative estimate of drug-likeness (QED) is 0.614. The van der Waals surface area contributed by atoms with Gasteiger partial charge in [-0.1, -0.05) is 23.7 Å². The van der Waals surface area contributed by atoms with Crippen molar-refractivity contribution in [3.63, 3.8) is 0 Å². The fourth-order valence-electron chi connectivity index (χ4n) is 1.67. The number of benzene rings is 1. The Morgan fingerprint density at radius 1 is 0.882 bits per heavy atom. The lowest BCUT2D eigenvalue weighted by Gasteiger charge is -2.03. The summed E-state index contributed by atoms with van der Waals surface area (Å²) in [5.74, 6) is 0.621. The fourth-order valence-corrected chi connectivity index (χ4v) is 1.91. The van der Waals surface area contributed by atoms with Crippen LogP contribution in [0.1, 0.15) is 0 Å². The van der Waals surface area contributed by atoms with Crippen LogP contribution in [0.25, 0.3) is 22.3 Å². The molecule has 0 radical (unpaired) electrons. The SMILES string of the molecule is Clc1nc(-c2ccncc2)nc2ccccc12. The number of para-hydroxylation sites is 1. The number of hydrogen-bond donors (Lipinski definition) is 0. The molecule has 3 rings (SSSR count). The minimum atomic E-state index is 0.474. The van der Waals surface area contributed by atoms with Crippen molar-refractivity contribution in [1.29, 1.82) is 0 Å². The van der Waals surface area contributed by atoms with Gasteiger partial charge in [0.25, 0.3) is 0 Å². The summed E-state index contributed by atoms with van der Waals surface area (Å²) in [6.07, 6.45) is 3.42. The van der Waals surface area contributed by atoms with Gasteiger partial charge in [-0.15, -0.1) is 0 Å². The van der Waals surface area contributed by atoms with Crippen molar-refractivity contribution in [2.45, 2.75) is 0 Å². The molecule has 0 amide bonds. The zero-order chi connectivity index (χ0) is 11.7. The fraction of sp³-hybridized carbons (Fsp3) is 0. The molecular weight excluding hydrogens is 234 g/mol. The molecule has 3 aromatic rings. The first-order valence-electron chi connectivity index (χ1n) is 5.17. The van der Waals surface area contributed by atoms with E-state index in [1.807, 2.05) is 36.4 Å². The van der Waals surface area contributed by atoms with Crippen molar-refractivity contribution in [3.8, 4) is 11.4 Å². The normalized spacial score (nSPS) is 10.6. The first kappa shape index (κ1) is 10.2. The van der Waals surface area contributed by atoms with Gasteiger partial charge in [-0.2, -0.15) is 0 Å². The van der Waals surface area contributed by atoms with Gasteiger partial charge >= 0.3 is 0 Å². The Bertz CT molecular complexity index is 668. The van der Waals surface area contributed by atoms with Crippen LogP contribution in [0.15, 0.2) is 48.8 Å². The first-order valence-corrected chi connectivity index (χ1v) is 5.55. The molecule has 0 aliphatic heterocycles. The molecule has 82 valence electrons. The van der Waals surface area contributed by atoms with Crippen LogP contribution in [0, 0.1) is 0 Å². The van der Waals surface area contributed by atoms with E-state index in [4.69, 9.17) is 11.6 Å². The van der Waals surface area contributed by atoms with Gasteiger partial charge in [0.1, 0.15) is 5.15 Å². The van der Waals surface area contributed by atoms with Gasteiger partial charge in [-0.05, 0) is 24.3 Å². The van der Waals surface area contributed by atoms with Crippen molar-refractivity contribution in [3.05, 3.63) is 53.9 Å². The third-order valence-electron chi connectivity index (χ3n) is 2.50. The number of halogens is 1. The molecule has 0 atom stereocenters. The molecule has 4 heteroatoms. The Morgan fingerprint density at radius 3 is 2.47 bits per heavy atom. The Kier molecular flexibility index (Phi) is 2.46.